The van der Waals surface area contributed by atoms with Crippen LogP contribution in [0.5, 0.6) is 0 Å². The van der Waals surface area contributed by atoms with E-state index in [9.17, 15) is 4.79 Å². The highest BCUT2D eigenvalue weighted by atomic mass is 35.5. The molecular formula is C14H16ClN3O. The molecule has 0 unspecified atom stereocenters. The van der Waals surface area contributed by atoms with Crippen LogP contribution in [0, 0.1) is 13.8 Å². The number of hydrogen-bond acceptors (Lipinski definition) is 2. The van der Waals surface area contributed by atoms with Gasteiger partial charge < -0.3 is 4.90 Å². The summed E-state index contributed by atoms with van der Waals surface area (Å²) in [6.45, 7) is 4.14. The zero-order valence-corrected chi connectivity index (χ0v) is 12.0. The molecule has 1 aromatic heterocycles. The maximum absolute atomic E-state index is 12.4. The molecule has 100 valence electrons. The number of halogens is 1. The fourth-order valence-corrected chi connectivity index (χ4v) is 2.21. The van der Waals surface area contributed by atoms with Crippen molar-refractivity contribution < 1.29 is 4.79 Å². The van der Waals surface area contributed by atoms with E-state index in [4.69, 9.17) is 11.6 Å². The Morgan fingerprint density at radius 3 is 2.63 bits per heavy atom. The van der Waals surface area contributed by atoms with Crippen LogP contribution in [0.3, 0.4) is 0 Å². The third-order valence-corrected chi connectivity index (χ3v) is 3.42. The lowest BCUT2D eigenvalue weighted by atomic mass is 10.1. The quantitative estimate of drug-likeness (QED) is 0.938. The first-order valence-corrected chi connectivity index (χ1v) is 6.39. The minimum absolute atomic E-state index is 0.0522. The molecule has 2 aromatic rings. The molecule has 0 atom stereocenters. The van der Waals surface area contributed by atoms with Crippen LogP contribution in [-0.2, 0) is 6.54 Å². The van der Waals surface area contributed by atoms with Crippen molar-refractivity contribution in [2.24, 2.45) is 0 Å². The number of carbonyl (C=O) groups is 1. The summed E-state index contributed by atoms with van der Waals surface area (Å²) in [4.78, 5) is 14.0. The average molecular weight is 278 g/mol. The fourth-order valence-electron chi connectivity index (χ4n) is 2.01. The highest BCUT2D eigenvalue weighted by Gasteiger charge is 2.19. The number of H-pyrrole nitrogens is 1. The second-order valence-electron chi connectivity index (χ2n) is 4.56. The lowest BCUT2D eigenvalue weighted by molar-refractivity contribution is 0.0784. The summed E-state index contributed by atoms with van der Waals surface area (Å²) in [7, 11) is 1.76. The number of carbonyl (C=O) groups excluding carboxylic acids is 1. The highest BCUT2D eigenvalue weighted by Crippen LogP contribution is 2.18. The number of aromatic amines is 1. The zero-order valence-electron chi connectivity index (χ0n) is 11.2. The number of amides is 1. The number of nitrogens with one attached hydrogen (secondary N) is 1. The topological polar surface area (TPSA) is 49.0 Å². The Morgan fingerprint density at radius 1 is 1.37 bits per heavy atom. The Kier molecular flexibility index (Phi) is 3.90. The number of nitrogens with zero attached hydrogens (tertiary/aromatic N) is 2. The van der Waals surface area contributed by atoms with Crippen LogP contribution in [0.1, 0.15) is 27.3 Å². The first-order chi connectivity index (χ1) is 9.00. The molecule has 1 heterocycles. The van der Waals surface area contributed by atoms with Gasteiger partial charge in [-0.05, 0) is 25.5 Å². The van der Waals surface area contributed by atoms with Crippen molar-refractivity contribution in [1.29, 1.82) is 0 Å². The third kappa shape index (κ3) is 2.79. The van der Waals surface area contributed by atoms with Gasteiger partial charge in [-0.3, -0.25) is 9.89 Å². The number of rotatable bonds is 3. The first-order valence-electron chi connectivity index (χ1n) is 6.01. The molecule has 5 heteroatoms. The van der Waals surface area contributed by atoms with Gasteiger partial charge in [-0.25, -0.2) is 0 Å². The minimum Gasteiger partial charge on any atom is -0.337 e. The van der Waals surface area contributed by atoms with E-state index in [0.717, 1.165) is 11.3 Å². The van der Waals surface area contributed by atoms with Gasteiger partial charge in [-0.1, -0.05) is 29.8 Å². The number of aryl methyl sites for hydroxylation is 2. The van der Waals surface area contributed by atoms with Crippen molar-refractivity contribution in [3.8, 4) is 0 Å². The molecule has 0 aliphatic rings. The van der Waals surface area contributed by atoms with Crippen LogP contribution in [0.2, 0.25) is 5.02 Å². The molecular weight excluding hydrogens is 262 g/mol. The smallest absolute Gasteiger partial charge is 0.257 e. The maximum Gasteiger partial charge on any atom is 0.257 e. The van der Waals surface area contributed by atoms with Gasteiger partial charge in [0.2, 0.25) is 0 Å². The lowest BCUT2D eigenvalue weighted by Crippen LogP contribution is -2.27. The molecule has 2 rings (SSSR count). The normalized spacial score (nSPS) is 10.5. The molecule has 0 fully saturated rings. The SMILES string of the molecule is Cc1n[nH]c(C)c1C(=O)N(C)Cc1ccccc1Cl. The Bertz CT molecular complexity index is 587. The van der Waals surface area contributed by atoms with Crippen LogP contribution in [0.25, 0.3) is 0 Å². The molecule has 0 radical (unpaired) electrons. The van der Waals surface area contributed by atoms with Crippen molar-refractivity contribution in [2.45, 2.75) is 20.4 Å². The van der Waals surface area contributed by atoms with E-state index in [1.54, 1.807) is 11.9 Å². The Hall–Kier alpha value is -1.81. The molecule has 4 nitrogen and oxygen atoms in total. The number of aromatic nitrogens is 2. The minimum atomic E-state index is -0.0522. The van der Waals surface area contributed by atoms with Crippen LogP contribution < -0.4 is 0 Å². The van der Waals surface area contributed by atoms with E-state index in [-0.39, 0.29) is 5.91 Å². The van der Waals surface area contributed by atoms with Gasteiger partial charge in [0.05, 0.1) is 11.3 Å². The van der Waals surface area contributed by atoms with Gasteiger partial charge in [-0.15, -0.1) is 0 Å². The fraction of sp³-hybridized carbons (Fsp3) is 0.286. The second-order valence-corrected chi connectivity index (χ2v) is 4.97. The standard InChI is InChI=1S/C14H16ClN3O/c1-9-13(10(2)17-16-9)14(19)18(3)8-11-6-4-5-7-12(11)15/h4-7H,8H2,1-3H3,(H,16,17). The predicted molar refractivity (Wildman–Crippen MR) is 75.3 cm³/mol. The van der Waals surface area contributed by atoms with E-state index in [1.807, 2.05) is 38.1 Å². The molecule has 19 heavy (non-hydrogen) atoms. The van der Waals surface area contributed by atoms with Crippen LogP contribution >= 0.6 is 11.6 Å². The van der Waals surface area contributed by atoms with E-state index >= 15 is 0 Å². The van der Waals surface area contributed by atoms with E-state index < -0.39 is 0 Å². The van der Waals surface area contributed by atoms with Gasteiger partial charge in [0.1, 0.15) is 0 Å². The molecule has 1 aromatic carbocycles. The Labute approximate surface area is 117 Å². The Balaban J connectivity index is 2.19. The summed E-state index contributed by atoms with van der Waals surface area (Å²) >= 11 is 6.10. The van der Waals surface area contributed by atoms with Crippen molar-refractivity contribution in [1.82, 2.24) is 15.1 Å². The monoisotopic (exact) mass is 277 g/mol. The molecule has 0 spiro atoms. The first kappa shape index (κ1) is 13.6. The van der Waals surface area contributed by atoms with Crippen molar-refractivity contribution in [3.63, 3.8) is 0 Å². The van der Waals surface area contributed by atoms with Gasteiger partial charge >= 0.3 is 0 Å². The highest BCUT2D eigenvalue weighted by molar-refractivity contribution is 6.31. The summed E-state index contributed by atoms with van der Waals surface area (Å²) in [5.74, 6) is -0.0522. The molecule has 0 aliphatic carbocycles. The number of benzene rings is 1. The molecule has 0 aliphatic heterocycles. The molecule has 1 N–H and O–H groups in total. The second kappa shape index (κ2) is 5.45. The van der Waals surface area contributed by atoms with E-state index in [2.05, 4.69) is 10.2 Å². The van der Waals surface area contributed by atoms with Crippen molar-refractivity contribution in [3.05, 3.63) is 51.8 Å². The summed E-state index contributed by atoms with van der Waals surface area (Å²) in [5, 5.41) is 7.54. The third-order valence-electron chi connectivity index (χ3n) is 3.05. The summed E-state index contributed by atoms with van der Waals surface area (Å²) in [6.07, 6.45) is 0. The van der Waals surface area contributed by atoms with Crippen LogP contribution in [-0.4, -0.2) is 28.1 Å². The summed E-state index contributed by atoms with van der Waals surface area (Å²) < 4.78 is 0. The lowest BCUT2D eigenvalue weighted by Gasteiger charge is -2.18. The molecule has 0 saturated heterocycles. The van der Waals surface area contributed by atoms with Crippen LogP contribution in [0.4, 0.5) is 0 Å². The van der Waals surface area contributed by atoms with Crippen molar-refractivity contribution in [2.75, 3.05) is 7.05 Å². The zero-order chi connectivity index (χ0) is 14.0. The van der Waals surface area contributed by atoms with Gasteiger partial charge in [0, 0.05) is 24.3 Å². The van der Waals surface area contributed by atoms with Crippen molar-refractivity contribution >= 4 is 17.5 Å². The molecule has 0 saturated carbocycles. The largest absolute Gasteiger partial charge is 0.337 e. The predicted octanol–water partition coefficient (Wildman–Crippen LogP) is 2.95. The van der Waals surface area contributed by atoms with Crippen LogP contribution in [0.15, 0.2) is 24.3 Å². The summed E-state index contributed by atoms with van der Waals surface area (Å²) in [5.41, 5.74) is 3.07. The average Bonchev–Trinajstić information content (AvgIpc) is 2.71. The van der Waals surface area contributed by atoms with Gasteiger partial charge in [0.15, 0.2) is 0 Å². The molecule has 0 bridgehead atoms. The maximum atomic E-state index is 12.4. The summed E-state index contributed by atoms with van der Waals surface area (Å²) in [6, 6.07) is 7.52. The van der Waals surface area contributed by atoms with Gasteiger partial charge in [-0.2, -0.15) is 5.10 Å². The molecule has 1 amide bonds. The Morgan fingerprint density at radius 2 is 2.05 bits per heavy atom. The number of hydrogen-bond donors (Lipinski definition) is 1. The van der Waals surface area contributed by atoms with E-state index in [0.29, 0.717) is 22.8 Å². The van der Waals surface area contributed by atoms with Gasteiger partial charge in [0.25, 0.3) is 5.91 Å². The van der Waals surface area contributed by atoms with E-state index in [1.165, 1.54) is 0 Å².